The van der Waals surface area contributed by atoms with Gasteiger partial charge in [0.05, 0.1) is 13.1 Å². The number of nitrogens with two attached hydrogens (primary N) is 1. The Kier molecular flexibility index (Phi) is 9.32. The maximum Gasteiger partial charge on any atom is 0.239 e. The normalized spacial score (nSPS) is 9.71. The van der Waals surface area contributed by atoms with Crippen LogP contribution in [-0.4, -0.2) is 42.4 Å². The number of halogens is 1. The van der Waals surface area contributed by atoms with Gasteiger partial charge < -0.3 is 26.8 Å². The summed E-state index contributed by atoms with van der Waals surface area (Å²) in [4.78, 5) is 23.6. The number of aromatic hydroxyl groups is 1. The maximum absolute atomic E-state index is 11.8. The van der Waals surface area contributed by atoms with Crippen molar-refractivity contribution in [3.63, 3.8) is 0 Å². The summed E-state index contributed by atoms with van der Waals surface area (Å²) in [6.45, 7) is 0.335. The van der Waals surface area contributed by atoms with Gasteiger partial charge in [-0.05, 0) is 36.2 Å². The van der Waals surface area contributed by atoms with Crippen LogP contribution in [0.25, 0.3) is 0 Å². The van der Waals surface area contributed by atoms with Crippen LogP contribution in [0.5, 0.6) is 5.75 Å². The molecular formula is C19H24ClN5O3. The quantitative estimate of drug-likeness (QED) is 0.272. The van der Waals surface area contributed by atoms with Crippen molar-refractivity contribution in [1.82, 2.24) is 10.6 Å². The van der Waals surface area contributed by atoms with Crippen LogP contribution in [0, 0.1) is 5.41 Å². The van der Waals surface area contributed by atoms with E-state index in [0.717, 1.165) is 5.56 Å². The van der Waals surface area contributed by atoms with Crippen LogP contribution in [0.1, 0.15) is 11.1 Å². The third-order valence-electron chi connectivity index (χ3n) is 3.74. The number of rotatable bonds is 9. The molecule has 0 unspecified atom stereocenters. The number of nitrogens with one attached hydrogen (secondary N) is 4. The molecule has 28 heavy (non-hydrogen) atoms. The average molecular weight is 406 g/mol. The van der Waals surface area contributed by atoms with Crippen molar-refractivity contribution < 1.29 is 14.7 Å². The molecule has 0 saturated carbocycles. The maximum atomic E-state index is 11.8. The van der Waals surface area contributed by atoms with Crippen molar-refractivity contribution in [3.8, 4) is 5.75 Å². The molecule has 2 amide bonds. The Labute approximate surface area is 169 Å². The smallest absolute Gasteiger partial charge is 0.239 e. The van der Waals surface area contributed by atoms with E-state index in [1.54, 1.807) is 48.5 Å². The van der Waals surface area contributed by atoms with Crippen LogP contribution in [0.2, 0.25) is 0 Å². The highest BCUT2D eigenvalue weighted by Gasteiger charge is 2.06. The SMILES string of the molecule is Cl.N=C(N)c1cccc(NCC(=O)NCC(=O)NCCc2ccc(O)cc2)c1. The van der Waals surface area contributed by atoms with Gasteiger partial charge in [-0.3, -0.25) is 15.0 Å². The highest BCUT2D eigenvalue weighted by molar-refractivity contribution is 5.96. The molecule has 7 N–H and O–H groups in total. The number of phenolic OH excluding ortho intramolecular Hbond substituents is 1. The number of amides is 2. The number of amidine groups is 1. The van der Waals surface area contributed by atoms with E-state index in [4.69, 9.17) is 11.1 Å². The number of carbonyl (C=O) groups is 2. The minimum absolute atomic E-state index is 0. The molecule has 0 aliphatic heterocycles. The fourth-order valence-corrected chi connectivity index (χ4v) is 2.29. The molecule has 2 rings (SSSR count). The number of benzene rings is 2. The Bertz CT molecular complexity index is 811. The summed E-state index contributed by atoms with van der Waals surface area (Å²) in [5.74, 6) is -0.447. The third kappa shape index (κ3) is 7.96. The monoisotopic (exact) mass is 405 g/mol. The van der Waals surface area contributed by atoms with Crippen molar-refractivity contribution in [3.05, 3.63) is 59.7 Å². The van der Waals surface area contributed by atoms with E-state index in [2.05, 4.69) is 16.0 Å². The lowest BCUT2D eigenvalue weighted by atomic mass is 10.1. The zero-order valence-electron chi connectivity index (χ0n) is 15.2. The first-order valence-corrected chi connectivity index (χ1v) is 8.43. The minimum Gasteiger partial charge on any atom is -0.508 e. The third-order valence-corrected chi connectivity index (χ3v) is 3.74. The molecule has 0 saturated heterocycles. The molecule has 0 aromatic heterocycles. The standard InChI is InChI=1S/C19H23N5O3.ClH/c20-19(21)14-2-1-3-15(10-14)23-11-18(27)24-12-17(26)22-9-8-13-4-6-16(25)7-5-13;/h1-7,10,23,25H,8-9,11-12H2,(H3,20,21)(H,22,26)(H,24,27);1H. The number of carbonyl (C=O) groups excluding carboxylic acids is 2. The van der Waals surface area contributed by atoms with Crippen molar-refractivity contribution in [2.75, 3.05) is 25.0 Å². The first kappa shape index (κ1) is 22.8. The molecule has 8 nitrogen and oxygen atoms in total. The molecule has 0 radical (unpaired) electrons. The predicted molar refractivity (Wildman–Crippen MR) is 111 cm³/mol. The van der Waals surface area contributed by atoms with E-state index in [1.165, 1.54) is 0 Å². The summed E-state index contributed by atoms with van der Waals surface area (Å²) >= 11 is 0. The summed E-state index contributed by atoms with van der Waals surface area (Å²) in [5.41, 5.74) is 7.64. The molecule has 9 heteroatoms. The summed E-state index contributed by atoms with van der Waals surface area (Å²) in [6, 6.07) is 13.6. The average Bonchev–Trinajstić information content (AvgIpc) is 2.66. The fraction of sp³-hybridized carbons (Fsp3) is 0.211. The van der Waals surface area contributed by atoms with Gasteiger partial charge in [-0.15, -0.1) is 12.4 Å². The largest absolute Gasteiger partial charge is 0.508 e. The number of hydrogen-bond donors (Lipinski definition) is 6. The Morgan fingerprint density at radius 1 is 1.00 bits per heavy atom. The van der Waals surface area contributed by atoms with Crippen molar-refractivity contribution in [2.45, 2.75) is 6.42 Å². The van der Waals surface area contributed by atoms with Crippen LogP contribution in [0.3, 0.4) is 0 Å². The van der Waals surface area contributed by atoms with Crippen LogP contribution in [-0.2, 0) is 16.0 Å². The molecule has 0 bridgehead atoms. The molecular weight excluding hydrogens is 382 g/mol. The summed E-state index contributed by atoms with van der Waals surface area (Å²) in [5, 5.41) is 24.8. The minimum atomic E-state index is -0.322. The molecule has 0 atom stereocenters. The van der Waals surface area contributed by atoms with E-state index >= 15 is 0 Å². The molecule has 0 heterocycles. The summed E-state index contributed by atoms with van der Waals surface area (Å²) < 4.78 is 0. The van der Waals surface area contributed by atoms with Crippen molar-refractivity contribution in [1.29, 1.82) is 5.41 Å². The summed E-state index contributed by atoms with van der Waals surface area (Å²) in [6.07, 6.45) is 0.633. The predicted octanol–water partition coefficient (Wildman–Crippen LogP) is 0.985. The Morgan fingerprint density at radius 3 is 2.36 bits per heavy atom. The van der Waals surface area contributed by atoms with Gasteiger partial charge in [0.1, 0.15) is 11.6 Å². The fourth-order valence-electron chi connectivity index (χ4n) is 2.29. The molecule has 0 fully saturated rings. The van der Waals surface area contributed by atoms with Gasteiger partial charge in [-0.2, -0.15) is 0 Å². The number of nitrogen functional groups attached to an aromatic ring is 1. The topological polar surface area (TPSA) is 140 Å². The van der Waals surface area contributed by atoms with Gasteiger partial charge in [-0.25, -0.2) is 0 Å². The highest BCUT2D eigenvalue weighted by Crippen LogP contribution is 2.10. The van der Waals surface area contributed by atoms with E-state index in [-0.39, 0.29) is 48.9 Å². The molecule has 2 aromatic rings. The number of phenols is 1. The molecule has 0 aliphatic carbocycles. The van der Waals surface area contributed by atoms with Crippen LogP contribution >= 0.6 is 12.4 Å². The molecule has 150 valence electrons. The van der Waals surface area contributed by atoms with Gasteiger partial charge >= 0.3 is 0 Å². The lowest BCUT2D eigenvalue weighted by molar-refractivity contribution is -0.125. The van der Waals surface area contributed by atoms with Crippen molar-refractivity contribution >= 4 is 35.7 Å². The second-order valence-corrected chi connectivity index (χ2v) is 5.89. The number of hydrogen-bond acceptors (Lipinski definition) is 5. The highest BCUT2D eigenvalue weighted by atomic mass is 35.5. The van der Waals surface area contributed by atoms with Gasteiger partial charge in [0.2, 0.25) is 11.8 Å². The van der Waals surface area contributed by atoms with Crippen molar-refractivity contribution in [2.24, 2.45) is 5.73 Å². The second kappa shape index (κ2) is 11.5. The molecule has 0 aliphatic rings. The van der Waals surface area contributed by atoms with E-state index in [0.29, 0.717) is 24.2 Å². The van der Waals surface area contributed by atoms with Gasteiger partial charge in [0, 0.05) is 17.8 Å². The number of anilines is 1. The van der Waals surface area contributed by atoms with E-state index in [1.807, 2.05) is 0 Å². The second-order valence-electron chi connectivity index (χ2n) is 5.89. The first-order valence-electron chi connectivity index (χ1n) is 8.43. The lowest BCUT2D eigenvalue weighted by Crippen LogP contribution is -2.39. The summed E-state index contributed by atoms with van der Waals surface area (Å²) in [7, 11) is 0. The Balaban J connectivity index is 0.00000392. The van der Waals surface area contributed by atoms with Crippen LogP contribution < -0.4 is 21.7 Å². The van der Waals surface area contributed by atoms with Gasteiger partial charge in [-0.1, -0.05) is 24.3 Å². The Morgan fingerprint density at radius 2 is 1.68 bits per heavy atom. The van der Waals surface area contributed by atoms with Gasteiger partial charge in [0.25, 0.3) is 0 Å². The molecule has 2 aromatic carbocycles. The zero-order valence-corrected chi connectivity index (χ0v) is 16.0. The first-order chi connectivity index (χ1) is 12.9. The zero-order chi connectivity index (χ0) is 19.6. The lowest BCUT2D eigenvalue weighted by Gasteiger charge is -2.09. The van der Waals surface area contributed by atoms with Crippen LogP contribution in [0.15, 0.2) is 48.5 Å². The van der Waals surface area contributed by atoms with E-state index < -0.39 is 0 Å². The van der Waals surface area contributed by atoms with Gasteiger partial charge in [0.15, 0.2) is 0 Å². The van der Waals surface area contributed by atoms with Crippen LogP contribution in [0.4, 0.5) is 5.69 Å². The van der Waals surface area contributed by atoms with E-state index in [9.17, 15) is 14.7 Å². The Hall–Kier alpha value is -3.26. The molecule has 0 spiro atoms.